The van der Waals surface area contributed by atoms with Gasteiger partial charge in [-0.05, 0) is 50.2 Å². The number of ether oxygens (including phenoxy) is 2. The number of amides is 1. The molecule has 7 nitrogen and oxygen atoms in total. The van der Waals surface area contributed by atoms with Crippen LogP contribution in [0, 0.1) is 0 Å². The van der Waals surface area contributed by atoms with Gasteiger partial charge in [-0.3, -0.25) is 9.93 Å². The Hall–Kier alpha value is -2.62. The fraction of sp³-hybridized carbons (Fsp3) is 0.211. The molecule has 1 amide bonds. The summed E-state index contributed by atoms with van der Waals surface area (Å²) in [4.78, 5) is 24.8. The van der Waals surface area contributed by atoms with E-state index in [0.29, 0.717) is 12.1 Å². The lowest BCUT2D eigenvalue weighted by Gasteiger charge is -2.21. The fourth-order valence-electron chi connectivity index (χ4n) is 2.07. The van der Waals surface area contributed by atoms with Crippen molar-refractivity contribution < 1.29 is 19.1 Å². The van der Waals surface area contributed by atoms with E-state index >= 15 is 0 Å². The van der Waals surface area contributed by atoms with Crippen molar-refractivity contribution in [2.24, 2.45) is 10.9 Å². The van der Waals surface area contributed by atoms with Crippen LogP contribution in [0.3, 0.4) is 0 Å². The van der Waals surface area contributed by atoms with E-state index in [2.05, 4.69) is 5.32 Å². The molecule has 0 aliphatic heterocycles. The van der Waals surface area contributed by atoms with Gasteiger partial charge in [0.1, 0.15) is 16.5 Å². The minimum Gasteiger partial charge on any atom is -0.395 e. The van der Waals surface area contributed by atoms with Crippen molar-refractivity contribution in [1.29, 1.82) is 0 Å². The van der Waals surface area contributed by atoms with Crippen LogP contribution in [0.5, 0.6) is 11.5 Å². The second-order valence-electron chi connectivity index (χ2n) is 6.40. The number of hydrogen-bond donors (Lipinski definition) is 3. The highest BCUT2D eigenvalue weighted by Gasteiger charge is 2.21. The SMILES string of the molecule is CC(C)(CNC(=O)c1ccccc1OC(=O)Oc1ccc(C(N)=S)cc1)SN. The highest BCUT2D eigenvalue weighted by Crippen LogP contribution is 2.21. The molecule has 2 rings (SSSR count). The van der Waals surface area contributed by atoms with Gasteiger partial charge in [-0.15, -0.1) is 0 Å². The van der Waals surface area contributed by atoms with Crippen LogP contribution in [-0.2, 0) is 0 Å². The lowest BCUT2D eigenvalue weighted by Crippen LogP contribution is -2.37. The van der Waals surface area contributed by atoms with Gasteiger partial charge < -0.3 is 20.5 Å². The Morgan fingerprint density at radius 1 is 1.11 bits per heavy atom. The average molecular weight is 420 g/mol. The first-order valence-electron chi connectivity index (χ1n) is 8.26. The molecule has 0 atom stereocenters. The third-order valence-corrected chi connectivity index (χ3v) is 4.68. The summed E-state index contributed by atoms with van der Waals surface area (Å²) in [6.07, 6.45) is -0.971. The molecule has 28 heavy (non-hydrogen) atoms. The molecule has 0 saturated heterocycles. The maximum Gasteiger partial charge on any atom is 0.519 e. The fourth-order valence-corrected chi connectivity index (χ4v) is 2.36. The molecule has 0 bridgehead atoms. The van der Waals surface area contributed by atoms with E-state index in [-0.39, 0.29) is 32.7 Å². The van der Waals surface area contributed by atoms with Crippen LogP contribution in [0.4, 0.5) is 4.79 Å². The molecule has 0 aliphatic carbocycles. The highest BCUT2D eigenvalue weighted by atomic mass is 32.2. The number of thiocarbonyl (C=S) groups is 1. The molecular weight excluding hydrogens is 398 g/mol. The van der Waals surface area contributed by atoms with E-state index in [9.17, 15) is 9.59 Å². The van der Waals surface area contributed by atoms with Crippen molar-refractivity contribution in [3.05, 3.63) is 59.7 Å². The number of para-hydroxylation sites is 1. The molecule has 0 fully saturated rings. The number of nitrogens with two attached hydrogens (primary N) is 2. The zero-order chi connectivity index (χ0) is 20.7. The summed E-state index contributed by atoms with van der Waals surface area (Å²) in [5, 5.41) is 8.37. The van der Waals surface area contributed by atoms with E-state index in [1.807, 2.05) is 13.8 Å². The normalized spacial score (nSPS) is 10.8. The second-order valence-corrected chi connectivity index (χ2v) is 8.18. The molecule has 0 aliphatic rings. The van der Waals surface area contributed by atoms with E-state index in [1.54, 1.807) is 42.5 Å². The van der Waals surface area contributed by atoms with Crippen molar-refractivity contribution in [3.63, 3.8) is 0 Å². The van der Waals surface area contributed by atoms with Crippen LogP contribution in [-0.4, -0.2) is 28.3 Å². The molecule has 9 heteroatoms. The first-order valence-corrected chi connectivity index (χ1v) is 9.55. The predicted octanol–water partition coefficient (Wildman–Crippen LogP) is 3.01. The van der Waals surface area contributed by atoms with Crippen molar-refractivity contribution >= 4 is 41.2 Å². The third kappa shape index (κ3) is 6.22. The minimum atomic E-state index is -0.971. The van der Waals surface area contributed by atoms with E-state index in [4.69, 9.17) is 32.6 Å². The lowest BCUT2D eigenvalue weighted by molar-refractivity contribution is 0.0947. The summed E-state index contributed by atoms with van der Waals surface area (Å²) in [5.41, 5.74) is 6.38. The Labute approximate surface area is 172 Å². The van der Waals surface area contributed by atoms with Crippen LogP contribution in [0.15, 0.2) is 48.5 Å². The number of hydrogen-bond acceptors (Lipinski definition) is 7. The Bertz CT molecular complexity index is 870. The standard InChI is InChI=1S/C19H21N3O4S2/c1-19(2,28-21)11-22-17(23)14-5-3-4-6-15(14)26-18(24)25-13-9-7-12(8-10-13)16(20)27/h3-10H,11,21H2,1-2H3,(H2,20,27)(H,22,23). The van der Waals surface area contributed by atoms with Gasteiger partial charge in [-0.2, -0.15) is 0 Å². The highest BCUT2D eigenvalue weighted by molar-refractivity contribution is 7.98. The summed E-state index contributed by atoms with van der Waals surface area (Å²) in [7, 11) is 0. The topological polar surface area (TPSA) is 117 Å². The summed E-state index contributed by atoms with van der Waals surface area (Å²) < 4.78 is 10.00. The van der Waals surface area contributed by atoms with Gasteiger partial charge in [0, 0.05) is 16.9 Å². The average Bonchev–Trinajstić information content (AvgIpc) is 2.67. The molecule has 2 aromatic carbocycles. The Kier molecular flexibility index (Phi) is 7.38. The van der Waals surface area contributed by atoms with Gasteiger partial charge in [0.25, 0.3) is 5.91 Å². The maximum atomic E-state index is 12.5. The first kappa shape index (κ1) is 21.7. The van der Waals surface area contributed by atoms with Gasteiger partial charge >= 0.3 is 6.16 Å². The molecular formula is C19H21N3O4S2. The number of benzene rings is 2. The molecule has 0 spiro atoms. The van der Waals surface area contributed by atoms with Crippen LogP contribution >= 0.6 is 24.2 Å². The monoisotopic (exact) mass is 419 g/mol. The molecule has 0 heterocycles. The van der Waals surface area contributed by atoms with Crippen LogP contribution in [0.2, 0.25) is 0 Å². The molecule has 148 valence electrons. The Balaban J connectivity index is 2.04. The molecule has 0 unspecified atom stereocenters. The predicted molar refractivity (Wildman–Crippen MR) is 114 cm³/mol. The summed E-state index contributed by atoms with van der Waals surface area (Å²) in [6, 6.07) is 12.7. The first-order chi connectivity index (χ1) is 13.2. The summed E-state index contributed by atoms with van der Waals surface area (Å²) >= 11 is 6.02. The maximum absolute atomic E-state index is 12.5. The zero-order valence-electron chi connectivity index (χ0n) is 15.4. The molecule has 2 aromatic rings. The van der Waals surface area contributed by atoms with Crippen LogP contribution in [0.1, 0.15) is 29.8 Å². The largest absolute Gasteiger partial charge is 0.519 e. The van der Waals surface area contributed by atoms with Crippen LogP contribution in [0.25, 0.3) is 0 Å². The minimum absolute atomic E-state index is 0.0861. The Morgan fingerprint density at radius 2 is 1.75 bits per heavy atom. The summed E-state index contributed by atoms with van der Waals surface area (Å²) in [5.74, 6) is -0.0389. The third-order valence-electron chi connectivity index (χ3n) is 3.66. The van der Waals surface area contributed by atoms with Gasteiger partial charge in [0.15, 0.2) is 0 Å². The van der Waals surface area contributed by atoms with Gasteiger partial charge in [0.05, 0.1) is 5.56 Å². The zero-order valence-corrected chi connectivity index (χ0v) is 17.1. The number of carbonyl (C=O) groups is 2. The van der Waals surface area contributed by atoms with Gasteiger partial charge in [-0.25, -0.2) is 4.79 Å². The van der Waals surface area contributed by atoms with E-state index < -0.39 is 6.16 Å². The van der Waals surface area contributed by atoms with Crippen molar-refractivity contribution in [3.8, 4) is 11.5 Å². The van der Waals surface area contributed by atoms with Crippen molar-refractivity contribution in [1.82, 2.24) is 5.32 Å². The van der Waals surface area contributed by atoms with Gasteiger partial charge in [0.2, 0.25) is 0 Å². The Morgan fingerprint density at radius 3 is 2.36 bits per heavy atom. The quantitative estimate of drug-likeness (QED) is 0.271. The second kappa shape index (κ2) is 9.54. The van der Waals surface area contributed by atoms with E-state index in [0.717, 1.165) is 11.9 Å². The molecule has 0 saturated carbocycles. The number of rotatable bonds is 7. The van der Waals surface area contributed by atoms with E-state index in [1.165, 1.54) is 6.07 Å². The number of carbonyl (C=O) groups excluding carboxylic acids is 2. The van der Waals surface area contributed by atoms with Gasteiger partial charge in [-0.1, -0.05) is 36.3 Å². The summed E-state index contributed by atoms with van der Waals surface area (Å²) in [6.45, 7) is 4.15. The molecule has 0 aromatic heterocycles. The molecule has 0 radical (unpaired) electrons. The molecule has 5 N–H and O–H groups in total. The van der Waals surface area contributed by atoms with Crippen molar-refractivity contribution in [2.75, 3.05) is 6.54 Å². The van der Waals surface area contributed by atoms with Crippen LogP contribution < -0.4 is 25.7 Å². The van der Waals surface area contributed by atoms with Crippen molar-refractivity contribution in [2.45, 2.75) is 18.6 Å². The lowest BCUT2D eigenvalue weighted by atomic mass is 10.1. The number of nitrogens with one attached hydrogen (secondary N) is 1. The smallest absolute Gasteiger partial charge is 0.395 e.